The summed E-state index contributed by atoms with van der Waals surface area (Å²) >= 11 is 13.0. The molecule has 0 radical (unpaired) electrons. The molecule has 0 aromatic heterocycles. The fourth-order valence-electron chi connectivity index (χ4n) is 4.22. The number of thioether (sulfide) groups is 1. The van der Waals surface area contributed by atoms with Crippen molar-refractivity contribution >= 4 is 63.8 Å². The van der Waals surface area contributed by atoms with Crippen molar-refractivity contribution in [3.63, 3.8) is 0 Å². The number of hydrogen-bond acceptors (Lipinski definition) is 7. The Bertz CT molecular complexity index is 1560. The lowest BCUT2D eigenvalue weighted by Crippen LogP contribution is -2.36. The van der Waals surface area contributed by atoms with Gasteiger partial charge in [0.2, 0.25) is 5.91 Å². The molecule has 3 aromatic carbocycles. The number of rotatable bonds is 13. The predicted molar refractivity (Wildman–Crippen MR) is 171 cm³/mol. The summed E-state index contributed by atoms with van der Waals surface area (Å²) < 4.78 is 17.5. The van der Waals surface area contributed by atoms with Gasteiger partial charge in [-0.15, -0.1) is 6.58 Å². The van der Waals surface area contributed by atoms with E-state index in [1.165, 1.54) is 0 Å². The second-order valence-corrected chi connectivity index (χ2v) is 11.1. The molecule has 1 heterocycles. The van der Waals surface area contributed by atoms with Gasteiger partial charge in [0.15, 0.2) is 11.5 Å². The van der Waals surface area contributed by atoms with E-state index in [2.05, 4.69) is 11.9 Å². The minimum absolute atomic E-state index is 0.190. The van der Waals surface area contributed by atoms with E-state index in [1.54, 1.807) is 54.6 Å². The van der Waals surface area contributed by atoms with Crippen molar-refractivity contribution in [2.45, 2.75) is 26.9 Å². The standard InChI is InChI=1S/C32H30Cl2N2O6S/c1-4-7-22-14-21(16-27(41-6-3)30(22)42-19-20-8-13-25(33)26(34)15-20)17-28-31(38)36(32(39)43-28)18-29(37)35-23-9-11-24(12-10-23)40-5-2/h4,8-17H,1,5-7,18-19H2,2-3H3,(H,35,37)/b28-17+. The molecule has 1 saturated heterocycles. The summed E-state index contributed by atoms with van der Waals surface area (Å²) in [5.41, 5.74) is 2.76. The first kappa shape index (κ1) is 32.0. The second kappa shape index (κ2) is 15.0. The molecule has 0 unspecified atom stereocenters. The Morgan fingerprint density at radius 1 is 0.977 bits per heavy atom. The summed E-state index contributed by atoms with van der Waals surface area (Å²) in [6.07, 6.45) is 3.80. The third kappa shape index (κ3) is 8.34. The van der Waals surface area contributed by atoms with Crippen LogP contribution in [0.15, 0.2) is 72.2 Å². The Kier molecular flexibility index (Phi) is 11.2. The average Bonchev–Trinajstić information content (AvgIpc) is 3.23. The number of anilines is 1. The van der Waals surface area contributed by atoms with Crippen molar-refractivity contribution in [3.05, 3.63) is 98.9 Å². The van der Waals surface area contributed by atoms with E-state index in [9.17, 15) is 14.4 Å². The van der Waals surface area contributed by atoms with Crippen LogP contribution >= 0.6 is 35.0 Å². The zero-order chi connectivity index (χ0) is 30.9. The number of amides is 3. The number of ether oxygens (including phenoxy) is 3. The lowest BCUT2D eigenvalue weighted by atomic mass is 10.0. The Balaban J connectivity index is 1.51. The molecule has 1 N–H and O–H groups in total. The van der Waals surface area contributed by atoms with Gasteiger partial charge in [0.1, 0.15) is 18.9 Å². The fraction of sp³-hybridized carbons (Fsp3) is 0.219. The van der Waals surface area contributed by atoms with Crippen molar-refractivity contribution in [2.75, 3.05) is 25.1 Å². The van der Waals surface area contributed by atoms with Gasteiger partial charge in [0.05, 0.1) is 28.2 Å². The Labute approximate surface area is 264 Å². The van der Waals surface area contributed by atoms with Gasteiger partial charge in [0, 0.05) is 11.3 Å². The lowest BCUT2D eigenvalue weighted by Gasteiger charge is -2.17. The van der Waals surface area contributed by atoms with E-state index in [4.69, 9.17) is 37.4 Å². The van der Waals surface area contributed by atoms with E-state index in [1.807, 2.05) is 26.0 Å². The smallest absolute Gasteiger partial charge is 0.294 e. The van der Waals surface area contributed by atoms with Gasteiger partial charge in [-0.1, -0.05) is 35.3 Å². The maximum absolute atomic E-state index is 13.2. The molecule has 3 amide bonds. The fourth-order valence-corrected chi connectivity index (χ4v) is 5.38. The number of nitrogens with zero attached hydrogens (tertiary/aromatic N) is 1. The minimum Gasteiger partial charge on any atom is -0.494 e. The van der Waals surface area contributed by atoms with Crippen LogP contribution in [0.1, 0.15) is 30.5 Å². The summed E-state index contributed by atoms with van der Waals surface area (Å²) in [6, 6.07) is 15.7. The van der Waals surface area contributed by atoms with Crippen LogP contribution in [0.2, 0.25) is 10.0 Å². The van der Waals surface area contributed by atoms with E-state index < -0.39 is 23.6 Å². The van der Waals surface area contributed by atoms with E-state index >= 15 is 0 Å². The Hall–Kier alpha value is -3.92. The average molecular weight is 642 g/mol. The molecule has 0 atom stereocenters. The summed E-state index contributed by atoms with van der Waals surface area (Å²) in [4.78, 5) is 39.6. The van der Waals surface area contributed by atoms with Crippen molar-refractivity contribution in [1.82, 2.24) is 4.90 Å². The van der Waals surface area contributed by atoms with Crippen LogP contribution in [-0.2, 0) is 22.6 Å². The topological polar surface area (TPSA) is 94.2 Å². The van der Waals surface area contributed by atoms with E-state index in [-0.39, 0.29) is 11.5 Å². The van der Waals surface area contributed by atoms with Crippen molar-refractivity contribution < 1.29 is 28.6 Å². The number of halogens is 2. The molecule has 4 rings (SSSR count). The highest BCUT2D eigenvalue weighted by Gasteiger charge is 2.36. The van der Waals surface area contributed by atoms with Gasteiger partial charge in [-0.05, 0) is 97.8 Å². The zero-order valence-electron chi connectivity index (χ0n) is 23.7. The molecule has 1 aliphatic rings. The maximum atomic E-state index is 13.2. The zero-order valence-corrected chi connectivity index (χ0v) is 26.0. The number of allylic oxidation sites excluding steroid dienone is 1. The number of nitrogens with one attached hydrogen (secondary N) is 1. The van der Waals surface area contributed by atoms with Crippen molar-refractivity contribution in [2.24, 2.45) is 0 Å². The quantitative estimate of drug-likeness (QED) is 0.151. The van der Waals surface area contributed by atoms with Crippen LogP contribution in [0.4, 0.5) is 10.5 Å². The highest BCUT2D eigenvalue weighted by Crippen LogP contribution is 2.38. The number of benzene rings is 3. The molecule has 1 aliphatic heterocycles. The number of hydrogen-bond donors (Lipinski definition) is 1. The number of imide groups is 1. The van der Waals surface area contributed by atoms with Gasteiger partial charge in [-0.25, -0.2) is 0 Å². The first-order chi connectivity index (χ1) is 20.7. The monoisotopic (exact) mass is 640 g/mol. The molecule has 0 saturated carbocycles. The molecule has 224 valence electrons. The maximum Gasteiger partial charge on any atom is 0.294 e. The Morgan fingerprint density at radius 2 is 1.72 bits per heavy atom. The molecule has 0 bridgehead atoms. The van der Waals surface area contributed by atoms with Gasteiger partial charge in [-0.2, -0.15) is 0 Å². The van der Waals surface area contributed by atoms with E-state index in [0.29, 0.717) is 58.2 Å². The van der Waals surface area contributed by atoms with Crippen molar-refractivity contribution in [3.8, 4) is 17.2 Å². The third-order valence-electron chi connectivity index (χ3n) is 6.11. The SMILES string of the molecule is C=CCc1cc(/C=C2/SC(=O)N(CC(=O)Nc3ccc(OCC)cc3)C2=O)cc(OCC)c1OCc1ccc(Cl)c(Cl)c1. The molecule has 0 spiro atoms. The second-order valence-electron chi connectivity index (χ2n) is 9.24. The Morgan fingerprint density at radius 3 is 2.40 bits per heavy atom. The van der Waals surface area contributed by atoms with Gasteiger partial charge in [0.25, 0.3) is 11.1 Å². The number of carbonyl (C=O) groups is 3. The van der Waals surface area contributed by atoms with Crippen molar-refractivity contribution in [1.29, 1.82) is 0 Å². The van der Waals surface area contributed by atoms with E-state index in [0.717, 1.165) is 27.8 Å². The summed E-state index contributed by atoms with van der Waals surface area (Å²) in [7, 11) is 0. The first-order valence-corrected chi connectivity index (χ1v) is 15.0. The van der Waals surface area contributed by atoms with Crippen LogP contribution in [0.5, 0.6) is 17.2 Å². The van der Waals surface area contributed by atoms with Crippen LogP contribution < -0.4 is 19.5 Å². The highest BCUT2D eigenvalue weighted by atomic mass is 35.5. The molecule has 1 fully saturated rings. The summed E-state index contributed by atoms with van der Waals surface area (Å²) in [5.74, 6) is 0.626. The summed E-state index contributed by atoms with van der Waals surface area (Å²) in [6.45, 7) is 8.29. The molecule has 8 nitrogen and oxygen atoms in total. The number of carbonyl (C=O) groups excluding carboxylic acids is 3. The van der Waals surface area contributed by atoms with Gasteiger partial charge < -0.3 is 19.5 Å². The highest BCUT2D eigenvalue weighted by molar-refractivity contribution is 8.18. The largest absolute Gasteiger partial charge is 0.494 e. The van der Waals surface area contributed by atoms with Crippen LogP contribution in [0.3, 0.4) is 0 Å². The molecule has 43 heavy (non-hydrogen) atoms. The van der Waals surface area contributed by atoms with Crippen LogP contribution in [-0.4, -0.2) is 41.7 Å². The lowest BCUT2D eigenvalue weighted by molar-refractivity contribution is -0.127. The minimum atomic E-state index is -0.556. The molecular formula is C32H30Cl2N2O6S. The third-order valence-corrected chi connectivity index (χ3v) is 7.75. The molecular weight excluding hydrogens is 611 g/mol. The van der Waals surface area contributed by atoms with Gasteiger partial charge in [-0.3, -0.25) is 19.3 Å². The molecule has 0 aliphatic carbocycles. The first-order valence-electron chi connectivity index (χ1n) is 13.5. The predicted octanol–water partition coefficient (Wildman–Crippen LogP) is 7.77. The van der Waals surface area contributed by atoms with Crippen LogP contribution in [0.25, 0.3) is 6.08 Å². The summed E-state index contributed by atoms with van der Waals surface area (Å²) in [5, 5.41) is 3.05. The molecule has 3 aromatic rings. The van der Waals surface area contributed by atoms with Gasteiger partial charge >= 0.3 is 0 Å². The normalized spacial score (nSPS) is 13.8. The van der Waals surface area contributed by atoms with Crippen LogP contribution in [0, 0.1) is 0 Å². The molecule has 11 heteroatoms.